The standard InChI is InChI=1S/C18H28N6.HI/c1-5-24(17-8-6-7-15(2)11-17)10-9-20-18(19-3)21-12-16-13-22-23(4)14-16;/h6-8,11,13-14H,5,9-10,12H2,1-4H3,(H2,19,20,21);1H. The molecule has 0 aliphatic rings. The van der Waals surface area contributed by atoms with Gasteiger partial charge in [-0.25, -0.2) is 0 Å². The highest BCUT2D eigenvalue weighted by molar-refractivity contribution is 14.0. The third-order valence-electron chi connectivity index (χ3n) is 3.86. The van der Waals surface area contributed by atoms with Gasteiger partial charge in [0.1, 0.15) is 0 Å². The highest BCUT2D eigenvalue weighted by Gasteiger charge is 2.05. The Balaban J connectivity index is 0.00000312. The minimum Gasteiger partial charge on any atom is -0.370 e. The van der Waals surface area contributed by atoms with Crippen molar-refractivity contribution in [1.82, 2.24) is 20.4 Å². The zero-order valence-electron chi connectivity index (χ0n) is 15.5. The van der Waals surface area contributed by atoms with E-state index in [4.69, 9.17) is 0 Å². The lowest BCUT2D eigenvalue weighted by Crippen LogP contribution is -2.41. The minimum atomic E-state index is 0. The van der Waals surface area contributed by atoms with Crippen LogP contribution in [0.3, 0.4) is 0 Å². The van der Waals surface area contributed by atoms with Gasteiger partial charge in [0.25, 0.3) is 0 Å². The molecule has 2 aromatic rings. The molecule has 7 heteroatoms. The van der Waals surface area contributed by atoms with E-state index in [1.165, 1.54) is 11.3 Å². The fraction of sp³-hybridized carbons (Fsp3) is 0.444. The largest absolute Gasteiger partial charge is 0.370 e. The molecule has 25 heavy (non-hydrogen) atoms. The number of guanidine groups is 1. The molecule has 2 rings (SSSR count). The highest BCUT2D eigenvalue weighted by Crippen LogP contribution is 2.14. The molecule has 6 nitrogen and oxygen atoms in total. The van der Waals surface area contributed by atoms with Crippen LogP contribution in [0, 0.1) is 6.92 Å². The number of hydrogen-bond acceptors (Lipinski definition) is 3. The molecule has 0 amide bonds. The zero-order valence-corrected chi connectivity index (χ0v) is 17.8. The topological polar surface area (TPSA) is 57.5 Å². The Kier molecular flexibility index (Phi) is 9.33. The molecule has 1 aromatic carbocycles. The molecular formula is C18H29IN6. The second kappa shape index (κ2) is 11.0. The third kappa shape index (κ3) is 6.93. The van der Waals surface area contributed by atoms with E-state index in [2.05, 4.69) is 63.7 Å². The molecule has 1 aromatic heterocycles. The van der Waals surface area contributed by atoms with E-state index in [0.717, 1.165) is 31.2 Å². The maximum Gasteiger partial charge on any atom is 0.191 e. The quantitative estimate of drug-likeness (QED) is 0.382. The minimum absolute atomic E-state index is 0. The normalized spacial score (nSPS) is 11.0. The average Bonchev–Trinajstić information content (AvgIpc) is 3.00. The molecule has 0 atom stereocenters. The molecule has 0 fully saturated rings. The lowest BCUT2D eigenvalue weighted by molar-refractivity contribution is 0.748. The van der Waals surface area contributed by atoms with Crippen LogP contribution < -0.4 is 15.5 Å². The van der Waals surface area contributed by atoms with Crippen molar-refractivity contribution in [3.05, 3.63) is 47.8 Å². The summed E-state index contributed by atoms with van der Waals surface area (Å²) >= 11 is 0. The van der Waals surface area contributed by atoms with E-state index in [1.54, 1.807) is 11.7 Å². The Bertz CT molecular complexity index is 667. The van der Waals surface area contributed by atoms with Gasteiger partial charge < -0.3 is 15.5 Å². The van der Waals surface area contributed by atoms with Crippen molar-refractivity contribution < 1.29 is 0 Å². The van der Waals surface area contributed by atoms with Crippen LogP contribution in [0.1, 0.15) is 18.1 Å². The van der Waals surface area contributed by atoms with Crippen LogP contribution in [-0.2, 0) is 13.6 Å². The molecule has 0 saturated carbocycles. The number of aliphatic imine (C=N–C) groups is 1. The van der Waals surface area contributed by atoms with Gasteiger partial charge in [-0.3, -0.25) is 9.67 Å². The van der Waals surface area contributed by atoms with Crippen LogP contribution in [-0.4, -0.2) is 42.4 Å². The fourth-order valence-corrected chi connectivity index (χ4v) is 2.57. The number of hydrogen-bond donors (Lipinski definition) is 2. The summed E-state index contributed by atoms with van der Waals surface area (Å²) in [5.74, 6) is 0.805. The summed E-state index contributed by atoms with van der Waals surface area (Å²) in [6.07, 6.45) is 3.85. The van der Waals surface area contributed by atoms with Crippen LogP contribution in [0.4, 0.5) is 5.69 Å². The predicted octanol–water partition coefficient (Wildman–Crippen LogP) is 2.54. The fourth-order valence-electron chi connectivity index (χ4n) is 2.57. The molecule has 0 saturated heterocycles. The van der Waals surface area contributed by atoms with E-state index in [9.17, 15) is 0 Å². The van der Waals surface area contributed by atoms with Crippen molar-refractivity contribution in [2.24, 2.45) is 12.0 Å². The first-order chi connectivity index (χ1) is 11.6. The molecular weight excluding hydrogens is 427 g/mol. The van der Waals surface area contributed by atoms with Crippen molar-refractivity contribution in [3.63, 3.8) is 0 Å². The number of aromatic nitrogens is 2. The first-order valence-corrected chi connectivity index (χ1v) is 8.36. The monoisotopic (exact) mass is 456 g/mol. The maximum atomic E-state index is 4.27. The van der Waals surface area contributed by atoms with E-state index < -0.39 is 0 Å². The van der Waals surface area contributed by atoms with Gasteiger partial charge in [-0.2, -0.15) is 5.10 Å². The van der Waals surface area contributed by atoms with Gasteiger partial charge in [0.05, 0.1) is 6.20 Å². The second-order valence-electron chi connectivity index (χ2n) is 5.79. The maximum absolute atomic E-state index is 4.27. The van der Waals surface area contributed by atoms with Crippen molar-refractivity contribution in [2.75, 3.05) is 31.6 Å². The molecule has 1 heterocycles. The molecule has 0 bridgehead atoms. The number of nitrogens with zero attached hydrogens (tertiary/aromatic N) is 4. The smallest absolute Gasteiger partial charge is 0.191 e. The van der Waals surface area contributed by atoms with Gasteiger partial charge in [0, 0.05) is 57.7 Å². The van der Waals surface area contributed by atoms with Crippen LogP contribution in [0.5, 0.6) is 0 Å². The Labute approximate surface area is 167 Å². The van der Waals surface area contributed by atoms with Gasteiger partial charge in [0.15, 0.2) is 5.96 Å². The van der Waals surface area contributed by atoms with E-state index >= 15 is 0 Å². The average molecular weight is 456 g/mol. The highest BCUT2D eigenvalue weighted by atomic mass is 127. The Morgan fingerprint density at radius 3 is 2.72 bits per heavy atom. The number of aryl methyl sites for hydroxylation is 2. The Morgan fingerprint density at radius 2 is 2.12 bits per heavy atom. The van der Waals surface area contributed by atoms with Crippen molar-refractivity contribution >= 4 is 35.6 Å². The molecule has 2 N–H and O–H groups in total. The lowest BCUT2D eigenvalue weighted by Gasteiger charge is -2.24. The van der Waals surface area contributed by atoms with Crippen molar-refractivity contribution in [1.29, 1.82) is 0 Å². The van der Waals surface area contributed by atoms with Crippen LogP contribution in [0.15, 0.2) is 41.7 Å². The van der Waals surface area contributed by atoms with E-state index in [0.29, 0.717) is 6.54 Å². The third-order valence-corrected chi connectivity index (χ3v) is 3.86. The summed E-state index contributed by atoms with van der Waals surface area (Å²) < 4.78 is 1.80. The summed E-state index contributed by atoms with van der Waals surface area (Å²) in [5.41, 5.74) is 3.68. The Morgan fingerprint density at radius 1 is 1.32 bits per heavy atom. The molecule has 0 spiro atoms. The van der Waals surface area contributed by atoms with Crippen molar-refractivity contribution in [3.8, 4) is 0 Å². The number of benzene rings is 1. The summed E-state index contributed by atoms with van der Waals surface area (Å²) in [7, 11) is 3.71. The van der Waals surface area contributed by atoms with Gasteiger partial charge in [-0.1, -0.05) is 12.1 Å². The van der Waals surface area contributed by atoms with E-state index in [1.807, 2.05) is 19.4 Å². The van der Waals surface area contributed by atoms with Crippen LogP contribution in [0.2, 0.25) is 0 Å². The van der Waals surface area contributed by atoms with Crippen LogP contribution in [0.25, 0.3) is 0 Å². The van der Waals surface area contributed by atoms with Crippen molar-refractivity contribution in [2.45, 2.75) is 20.4 Å². The molecule has 0 aliphatic heterocycles. The molecule has 0 aliphatic carbocycles. The molecule has 138 valence electrons. The van der Waals surface area contributed by atoms with Crippen LogP contribution >= 0.6 is 24.0 Å². The number of anilines is 1. The molecule has 0 radical (unpaired) electrons. The number of rotatable bonds is 7. The SMILES string of the molecule is CCN(CCNC(=NC)NCc1cnn(C)c1)c1cccc(C)c1.I. The zero-order chi connectivity index (χ0) is 17.4. The van der Waals surface area contributed by atoms with Gasteiger partial charge >= 0.3 is 0 Å². The van der Waals surface area contributed by atoms with E-state index in [-0.39, 0.29) is 24.0 Å². The van der Waals surface area contributed by atoms with Gasteiger partial charge in [-0.05, 0) is 31.5 Å². The summed E-state index contributed by atoms with van der Waals surface area (Å²) in [6.45, 7) is 7.75. The summed E-state index contributed by atoms with van der Waals surface area (Å²) in [5, 5.41) is 10.8. The Hall–Kier alpha value is -1.77. The number of halogens is 1. The number of likely N-dealkylation sites (N-methyl/N-ethyl adjacent to an activating group) is 1. The second-order valence-corrected chi connectivity index (χ2v) is 5.79. The first-order valence-electron chi connectivity index (χ1n) is 8.36. The summed E-state index contributed by atoms with van der Waals surface area (Å²) in [6, 6.07) is 8.61. The van der Waals surface area contributed by atoms with Gasteiger partial charge in [-0.15, -0.1) is 24.0 Å². The molecule has 0 unspecified atom stereocenters. The number of nitrogens with one attached hydrogen (secondary N) is 2. The predicted molar refractivity (Wildman–Crippen MR) is 116 cm³/mol. The van der Waals surface area contributed by atoms with Gasteiger partial charge in [0.2, 0.25) is 0 Å². The summed E-state index contributed by atoms with van der Waals surface area (Å²) in [4.78, 5) is 6.62. The first kappa shape index (κ1) is 21.3. The lowest BCUT2D eigenvalue weighted by atomic mass is 10.2.